The zero-order valence-corrected chi connectivity index (χ0v) is 11.1. The van der Waals surface area contributed by atoms with Crippen molar-refractivity contribution in [3.63, 3.8) is 0 Å². The summed E-state index contributed by atoms with van der Waals surface area (Å²) >= 11 is 0. The van der Waals surface area contributed by atoms with Gasteiger partial charge in [0.2, 0.25) is 5.91 Å². The maximum Gasteiger partial charge on any atom is 0.237 e. The fraction of sp³-hybridized carbons (Fsp3) is 0.500. The highest BCUT2D eigenvalue weighted by Gasteiger charge is 2.16. The SMILES string of the molecule is CCCCN[C@@H](Cc1ccc(O)cc1)C(=O)NC. The van der Waals surface area contributed by atoms with Gasteiger partial charge in [0.25, 0.3) is 0 Å². The number of unbranched alkanes of at least 4 members (excludes halogenated alkanes) is 1. The standard InChI is InChI=1S/C14H22N2O2/c1-3-4-9-16-13(14(18)15-2)10-11-5-7-12(17)8-6-11/h5-8,13,16-17H,3-4,9-10H2,1-2H3,(H,15,18)/t13-/m0/s1. The third kappa shape index (κ3) is 4.75. The number of carbonyl (C=O) groups excluding carboxylic acids is 1. The number of hydrogen-bond donors (Lipinski definition) is 3. The number of phenolic OH excluding ortho intramolecular Hbond substituents is 1. The second kappa shape index (κ2) is 7.71. The van der Waals surface area contributed by atoms with E-state index in [-0.39, 0.29) is 17.7 Å². The summed E-state index contributed by atoms with van der Waals surface area (Å²) in [6.07, 6.45) is 2.79. The molecule has 4 heteroatoms. The Labute approximate surface area is 108 Å². The molecular weight excluding hydrogens is 228 g/mol. The van der Waals surface area contributed by atoms with Gasteiger partial charge in [-0.05, 0) is 37.1 Å². The average molecular weight is 250 g/mol. The molecule has 0 unspecified atom stereocenters. The number of carbonyl (C=O) groups is 1. The van der Waals surface area contributed by atoms with Gasteiger partial charge in [-0.1, -0.05) is 25.5 Å². The Balaban J connectivity index is 2.59. The van der Waals surface area contributed by atoms with E-state index in [2.05, 4.69) is 17.6 Å². The van der Waals surface area contributed by atoms with Crippen molar-refractivity contribution in [1.29, 1.82) is 0 Å². The van der Waals surface area contributed by atoms with Crippen LogP contribution in [0, 0.1) is 0 Å². The number of amides is 1. The minimum absolute atomic E-state index is 0.000761. The van der Waals surface area contributed by atoms with Crippen LogP contribution in [0.15, 0.2) is 24.3 Å². The molecule has 0 spiro atoms. The van der Waals surface area contributed by atoms with Crippen molar-refractivity contribution in [2.75, 3.05) is 13.6 Å². The number of aromatic hydroxyl groups is 1. The number of benzene rings is 1. The van der Waals surface area contributed by atoms with E-state index in [1.807, 2.05) is 12.1 Å². The third-order valence-electron chi connectivity index (χ3n) is 2.86. The second-order valence-corrected chi connectivity index (χ2v) is 4.35. The number of likely N-dealkylation sites (N-methyl/N-ethyl adjacent to an activating group) is 1. The molecular formula is C14H22N2O2. The molecule has 0 aliphatic carbocycles. The maximum absolute atomic E-state index is 11.8. The van der Waals surface area contributed by atoms with Crippen LogP contribution in [0.3, 0.4) is 0 Å². The molecule has 0 radical (unpaired) electrons. The summed E-state index contributed by atoms with van der Waals surface area (Å²) in [4.78, 5) is 11.8. The first-order chi connectivity index (χ1) is 8.67. The molecule has 1 aromatic rings. The molecule has 1 rings (SSSR count). The molecule has 1 aromatic carbocycles. The van der Waals surface area contributed by atoms with Crippen LogP contribution in [0.4, 0.5) is 0 Å². The zero-order valence-electron chi connectivity index (χ0n) is 11.1. The molecule has 0 saturated carbocycles. The van der Waals surface area contributed by atoms with Crippen molar-refractivity contribution in [3.8, 4) is 5.75 Å². The Morgan fingerprint density at radius 3 is 2.56 bits per heavy atom. The summed E-state index contributed by atoms with van der Waals surface area (Å²) in [5.41, 5.74) is 1.03. The monoisotopic (exact) mass is 250 g/mol. The van der Waals surface area contributed by atoms with Crippen LogP contribution in [0.25, 0.3) is 0 Å². The van der Waals surface area contributed by atoms with Gasteiger partial charge in [0, 0.05) is 7.05 Å². The Morgan fingerprint density at radius 2 is 2.00 bits per heavy atom. The van der Waals surface area contributed by atoms with Crippen molar-refractivity contribution in [2.24, 2.45) is 0 Å². The number of hydrogen-bond acceptors (Lipinski definition) is 3. The van der Waals surface area contributed by atoms with E-state index in [4.69, 9.17) is 0 Å². The summed E-state index contributed by atoms with van der Waals surface area (Å²) in [5.74, 6) is 0.244. The Bertz CT molecular complexity index is 363. The van der Waals surface area contributed by atoms with E-state index in [0.29, 0.717) is 6.42 Å². The minimum atomic E-state index is -0.217. The molecule has 1 atom stereocenters. The van der Waals surface area contributed by atoms with Gasteiger partial charge in [0.05, 0.1) is 6.04 Å². The van der Waals surface area contributed by atoms with E-state index in [9.17, 15) is 9.90 Å². The minimum Gasteiger partial charge on any atom is -0.508 e. The molecule has 0 bridgehead atoms. The molecule has 0 aromatic heterocycles. The number of nitrogens with one attached hydrogen (secondary N) is 2. The van der Waals surface area contributed by atoms with Gasteiger partial charge in [-0.15, -0.1) is 0 Å². The van der Waals surface area contributed by atoms with Crippen LogP contribution >= 0.6 is 0 Å². The lowest BCUT2D eigenvalue weighted by atomic mass is 10.0. The van der Waals surface area contributed by atoms with Gasteiger partial charge in [-0.25, -0.2) is 0 Å². The maximum atomic E-state index is 11.8. The highest BCUT2D eigenvalue weighted by atomic mass is 16.3. The van der Waals surface area contributed by atoms with Gasteiger partial charge < -0.3 is 15.7 Å². The van der Waals surface area contributed by atoms with E-state index < -0.39 is 0 Å². The van der Waals surface area contributed by atoms with Crippen LogP contribution in [0.2, 0.25) is 0 Å². The molecule has 0 aliphatic heterocycles. The summed E-state index contributed by atoms with van der Waals surface area (Å²) in [5, 5.41) is 15.2. The molecule has 1 amide bonds. The van der Waals surface area contributed by atoms with Crippen LogP contribution in [0.1, 0.15) is 25.3 Å². The van der Waals surface area contributed by atoms with Crippen molar-refractivity contribution in [3.05, 3.63) is 29.8 Å². The van der Waals surface area contributed by atoms with E-state index in [1.165, 1.54) is 0 Å². The zero-order chi connectivity index (χ0) is 13.4. The topological polar surface area (TPSA) is 61.4 Å². The molecule has 0 saturated heterocycles. The average Bonchev–Trinajstić information content (AvgIpc) is 2.39. The normalized spacial score (nSPS) is 12.1. The number of phenols is 1. The number of rotatable bonds is 7. The largest absolute Gasteiger partial charge is 0.508 e. The van der Waals surface area contributed by atoms with Gasteiger partial charge in [-0.3, -0.25) is 4.79 Å². The summed E-state index contributed by atoms with van der Waals surface area (Å²) in [7, 11) is 1.65. The Kier molecular flexibility index (Phi) is 6.22. The first-order valence-electron chi connectivity index (χ1n) is 6.40. The smallest absolute Gasteiger partial charge is 0.237 e. The predicted molar refractivity (Wildman–Crippen MR) is 72.6 cm³/mol. The fourth-order valence-electron chi connectivity index (χ4n) is 1.75. The Morgan fingerprint density at radius 1 is 1.33 bits per heavy atom. The summed E-state index contributed by atoms with van der Waals surface area (Å²) in [6, 6.07) is 6.75. The molecule has 100 valence electrons. The predicted octanol–water partition coefficient (Wildman–Crippen LogP) is 1.44. The van der Waals surface area contributed by atoms with E-state index in [0.717, 1.165) is 24.9 Å². The van der Waals surface area contributed by atoms with Crippen molar-refractivity contribution >= 4 is 5.91 Å². The summed E-state index contributed by atoms with van der Waals surface area (Å²) in [6.45, 7) is 2.96. The summed E-state index contributed by atoms with van der Waals surface area (Å²) < 4.78 is 0. The first-order valence-corrected chi connectivity index (χ1v) is 6.40. The second-order valence-electron chi connectivity index (χ2n) is 4.35. The highest BCUT2D eigenvalue weighted by Crippen LogP contribution is 2.11. The van der Waals surface area contributed by atoms with Crippen LogP contribution < -0.4 is 10.6 Å². The van der Waals surface area contributed by atoms with Gasteiger partial charge in [0.1, 0.15) is 5.75 Å². The lowest BCUT2D eigenvalue weighted by molar-refractivity contribution is -0.122. The molecule has 18 heavy (non-hydrogen) atoms. The van der Waals surface area contributed by atoms with Gasteiger partial charge in [-0.2, -0.15) is 0 Å². The van der Waals surface area contributed by atoms with Crippen molar-refractivity contribution in [2.45, 2.75) is 32.2 Å². The third-order valence-corrected chi connectivity index (χ3v) is 2.86. The quantitative estimate of drug-likeness (QED) is 0.642. The molecule has 3 N–H and O–H groups in total. The first kappa shape index (κ1) is 14.5. The molecule has 4 nitrogen and oxygen atoms in total. The lowest BCUT2D eigenvalue weighted by Gasteiger charge is -2.17. The molecule has 0 aliphatic rings. The van der Waals surface area contributed by atoms with Crippen LogP contribution in [-0.2, 0) is 11.2 Å². The van der Waals surface area contributed by atoms with Gasteiger partial charge in [0.15, 0.2) is 0 Å². The fourth-order valence-corrected chi connectivity index (χ4v) is 1.75. The Hall–Kier alpha value is -1.55. The van der Waals surface area contributed by atoms with Crippen LogP contribution in [0.5, 0.6) is 5.75 Å². The van der Waals surface area contributed by atoms with Crippen molar-refractivity contribution < 1.29 is 9.90 Å². The highest BCUT2D eigenvalue weighted by molar-refractivity contribution is 5.81. The van der Waals surface area contributed by atoms with E-state index >= 15 is 0 Å². The lowest BCUT2D eigenvalue weighted by Crippen LogP contribution is -2.44. The van der Waals surface area contributed by atoms with Crippen LogP contribution in [-0.4, -0.2) is 30.6 Å². The van der Waals surface area contributed by atoms with Gasteiger partial charge >= 0.3 is 0 Å². The van der Waals surface area contributed by atoms with E-state index in [1.54, 1.807) is 19.2 Å². The molecule has 0 heterocycles. The molecule has 0 fully saturated rings. The van der Waals surface area contributed by atoms with Crippen molar-refractivity contribution in [1.82, 2.24) is 10.6 Å².